The molecule has 2 rings (SSSR count). The highest BCUT2D eigenvalue weighted by atomic mass is 16.5. The molecule has 0 aliphatic heterocycles. The number of allylic oxidation sites excluding steroid dienone is 1. The molecule has 0 unspecified atom stereocenters. The fourth-order valence-corrected chi connectivity index (χ4v) is 2.15. The molecule has 0 saturated carbocycles. The third-order valence-electron chi connectivity index (χ3n) is 3.38. The Hall–Kier alpha value is -2.35. The number of carbonyl (C=O) groups excluding carboxylic acids is 1. The van der Waals surface area contributed by atoms with Crippen molar-refractivity contribution in [2.45, 2.75) is 26.2 Å². The molecule has 2 nitrogen and oxygen atoms in total. The highest BCUT2D eigenvalue weighted by Crippen LogP contribution is 2.17. The molecule has 0 heterocycles. The van der Waals surface area contributed by atoms with Crippen LogP contribution >= 0.6 is 0 Å². The number of unbranched alkanes of at least 4 members (excludes halogenated alkanes) is 2. The molecule has 0 radical (unpaired) electrons. The smallest absolute Gasteiger partial charge is 0.189 e. The van der Waals surface area contributed by atoms with E-state index in [-0.39, 0.29) is 5.78 Å². The Morgan fingerprint density at radius 1 is 0.909 bits per heavy atom. The minimum atomic E-state index is -0.0325. The largest absolute Gasteiger partial charge is 0.493 e. The van der Waals surface area contributed by atoms with Gasteiger partial charge in [0.2, 0.25) is 0 Å². The topological polar surface area (TPSA) is 26.3 Å². The molecule has 0 amide bonds. The van der Waals surface area contributed by atoms with Crippen LogP contribution in [0.5, 0.6) is 0 Å². The van der Waals surface area contributed by atoms with Gasteiger partial charge in [0.25, 0.3) is 0 Å². The van der Waals surface area contributed by atoms with Crippen LogP contribution in [0.4, 0.5) is 0 Å². The summed E-state index contributed by atoms with van der Waals surface area (Å²) in [6.07, 6.45) is 4.88. The quantitative estimate of drug-likeness (QED) is 0.292. The summed E-state index contributed by atoms with van der Waals surface area (Å²) in [6, 6.07) is 19.1. The molecule has 0 aliphatic rings. The fourth-order valence-electron chi connectivity index (χ4n) is 2.15. The summed E-state index contributed by atoms with van der Waals surface area (Å²) >= 11 is 0. The third kappa shape index (κ3) is 4.88. The van der Waals surface area contributed by atoms with Gasteiger partial charge >= 0.3 is 0 Å². The van der Waals surface area contributed by atoms with E-state index in [9.17, 15) is 4.79 Å². The molecule has 114 valence electrons. The van der Waals surface area contributed by atoms with Gasteiger partial charge in [0.15, 0.2) is 5.78 Å². The van der Waals surface area contributed by atoms with Crippen molar-refractivity contribution in [3.8, 4) is 0 Å². The van der Waals surface area contributed by atoms with E-state index in [0.717, 1.165) is 24.8 Å². The molecule has 0 saturated heterocycles. The lowest BCUT2D eigenvalue weighted by atomic mass is 10.1. The van der Waals surface area contributed by atoms with Crippen molar-refractivity contribution < 1.29 is 9.53 Å². The normalized spacial score (nSPS) is 11.2. The maximum absolute atomic E-state index is 12.4. The first-order valence-electron chi connectivity index (χ1n) is 7.80. The minimum Gasteiger partial charge on any atom is -0.493 e. The summed E-state index contributed by atoms with van der Waals surface area (Å²) in [5.74, 6) is 0.612. The van der Waals surface area contributed by atoms with Gasteiger partial charge in [-0.25, -0.2) is 0 Å². The second kappa shape index (κ2) is 8.83. The van der Waals surface area contributed by atoms with Crippen LogP contribution in [0.25, 0.3) is 5.76 Å². The number of hydrogen-bond acceptors (Lipinski definition) is 2. The monoisotopic (exact) mass is 294 g/mol. The fraction of sp³-hybridized carbons (Fsp3) is 0.250. The Morgan fingerprint density at radius 2 is 1.50 bits per heavy atom. The average Bonchev–Trinajstić information content (AvgIpc) is 2.59. The summed E-state index contributed by atoms with van der Waals surface area (Å²) in [5.41, 5.74) is 1.61. The first kappa shape index (κ1) is 16.0. The molecule has 0 fully saturated rings. The van der Waals surface area contributed by atoms with Crippen molar-refractivity contribution in [2.75, 3.05) is 6.61 Å². The standard InChI is InChI=1S/C20H22O2/c1-2-3-10-15-22-20(18-13-8-5-9-14-18)16-19(21)17-11-6-4-7-12-17/h4-9,11-14,16H,2-3,10,15H2,1H3/b20-16-. The number of ketones is 1. The van der Waals surface area contributed by atoms with Crippen LogP contribution in [0.3, 0.4) is 0 Å². The van der Waals surface area contributed by atoms with E-state index in [4.69, 9.17) is 4.74 Å². The zero-order valence-corrected chi connectivity index (χ0v) is 13.0. The van der Waals surface area contributed by atoms with Crippen LogP contribution in [-0.4, -0.2) is 12.4 Å². The summed E-state index contributed by atoms with van der Waals surface area (Å²) in [4.78, 5) is 12.4. The Kier molecular flexibility index (Phi) is 6.43. The average molecular weight is 294 g/mol. The van der Waals surface area contributed by atoms with Crippen LogP contribution in [-0.2, 0) is 4.74 Å². The lowest BCUT2D eigenvalue weighted by Crippen LogP contribution is -2.00. The summed E-state index contributed by atoms with van der Waals surface area (Å²) < 4.78 is 5.86. The van der Waals surface area contributed by atoms with Gasteiger partial charge in [-0.2, -0.15) is 0 Å². The van der Waals surface area contributed by atoms with E-state index >= 15 is 0 Å². The van der Waals surface area contributed by atoms with Crippen molar-refractivity contribution in [2.24, 2.45) is 0 Å². The van der Waals surface area contributed by atoms with Gasteiger partial charge in [-0.05, 0) is 6.42 Å². The second-order valence-corrected chi connectivity index (χ2v) is 5.16. The van der Waals surface area contributed by atoms with Crippen LogP contribution < -0.4 is 0 Å². The zero-order chi connectivity index (χ0) is 15.6. The first-order chi connectivity index (χ1) is 10.8. The van der Waals surface area contributed by atoms with Crippen molar-refractivity contribution >= 4 is 11.5 Å². The molecular weight excluding hydrogens is 272 g/mol. The Balaban J connectivity index is 2.16. The van der Waals surface area contributed by atoms with Gasteiger partial charge in [0, 0.05) is 17.2 Å². The van der Waals surface area contributed by atoms with Crippen molar-refractivity contribution in [1.82, 2.24) is 0 Å². The highest BCUT2D eigenvalue weighted by molar-refractivity contribution is 6.07. The Bertz CT molecular complexity index is 600. The van der Waals surface area contributed by atoms with E-state index < -0.39 is 0 Å². The number of ether oxygens (including phenoxy) is 1. The van der Waals surface area contributed by atoms with Gasteiger partial charge in [0.1, 0.15) is 5.76 Å². The van der Waals surface area contributed by atoms with E-state index in [0.29, 0.717) is 17.9 Å². The van der Waals surface area contributed by atoms with Crippen molar-refractivity contribution in [3.63, 3.8) is 0 Å². The van der Waals surface area contributed by atoms with Gasteiger partial charge in [-0.3, -0.25) is 4.79 Å². The summed E-state index contributed by atoms with van der Waals surface area (Å²) in [7, 11) is 0. The number of benzene rings is 2. The third-order valence-corrected chi connectivity index (χ3v) is 3.38. The molecule has 2 aromatic rings. The molecule has 0 N–H and O–H groups in total. The van der Waals surface area contributed by atoms with E-state index in [2.05, 4.69) is 6.92 Å². The van der Waals surface area contributed by atoms with Crippen LogP contribution in [0, 0.1) is 0 Å². The minimum absolute atomic E-state index is 0.0325. The molecule has 0 aromatic heterocycles. The number of carbonyl (C=O) groups is 1. The molecule has 0 atom stereocenters. The van der Waals surface area contributed by atoms with Crippen LogP contribution in [0.15, 0.2) is 66.7 Å². The lowest BCUT2D eigenvalue weighted by molar-refractivity contribution is 0.104. The van der Waals surface area contributed by atoms with Gasteiger partial charge < -0.3 is 4.74 Å². The van der Waals surface area contributed by atoms with Gasteiger partial charge in [-0.15, -0.1) is 0 Å². The van der Waals surface area contributed by atoms with Crippen LogP contribution in [0.2, 0.25) is 0 Å². The Morgan fingerprint density at radius 3 is 2.09 bits per heavy atom. The zero-order valence-electron chi connectivity index (χ0n) is 13.0. The molecule has 0 spiro atoms. The highest BCUT2D eigenvalue weighted by Gasteiger charge is 2.08. The molecule has 22 heavy (non-hydrogen) atoms. The molecule has 0 bridgehead atoms. The van der Waals surface area contributed by atoms with Gasteiger partial charge in [-0.1, -0.05) is 80.4 Å². The summed E-state index contributed by atoms with van der Waals surface area (Å²) in [5, 5.41) is 0. The first-order valence-corrected chi connectivity index (χ1v) is 7.80. The van der Waals surface area contributed by atoms with Gasteiger partial charge in [0.05, 0.1) is 6.61 Å². The van der Waals surface area contributed by atoms with E-state index in [1.54, 1.807) is 6.08 Å². The maximum Gasteiger partial charge on any atom is 0.189 e. The second-order valence-electron chi connectivity index (χ2n) is 5.16. The SMILES string of the molecule is CCCCCO/C(=C\C(=O)c1ccccc1)c1ccccc1. The van der Waals surface area contributed by atoms with Crippen LogP contribution in [0.1, 0.15) is 42.1 Å². The molecule has 2 heteroatoms. The number of hydrogen-bond donors (Lipinski definition) is 0. The molecular formula is C20H22O2. The summed E-state index contributed by atoms with van der Waals surface area (Å²) in [6.45, 7) is 2.80. The predicted octanol–water partition coefficient (Wildman–Crippen LogP) is 5.12. The molecule has 0 aliphatic carbocycles. The predicted molar refractivity (Wildman–Crippen MR) is 90.7 cm³/mol. The Labute approximate surface area is 132 Å². The van der Waals surface area contributed by atoms with Crippen molar-refractivity contribution in [3.05, 3.63) is 77.9 Å². The maximum atomic E-state index is 12.4. The van der Waals surface area contributed by atoms with Crippen molar-refractivity contribution in [1.29, 1.82) is 0 Å². The number of rotatable bonds is 8. The van der Waals surface area contributed by atoms with E-state index in [1.165, 1.54) is 0 Å². The van der Waals surface area contributed by atoms with E-state index in [1.807, 2.05) is 60.7 Å². The molecule has 2 aromatic carbocycles. The lowest BCUT2D eigenvalue weighted by Gasteiger charge is -2.10.